The smallest absolute Gasteiger partial charge is 0.266 e. The molecular weight excluding hydrogens is 411 g/mol. The normalized spacial score (nSPS) is 11.5. The van der Waals surface area contributed by atoms with E-state index in [1.807, 2.05) is 0 Å². The van der Waals surface area contributed by atoms with Crippen molar-refractivity contribution in [3.8, 4) is 0 Å². The van der Waals surface area contributed by atoms with Crippen LogP contribution < -0.4 is 4.72 Å². The molecule has 3 nitrogen and oxygen atoms in total. The molecule has 0 aliphatic rings. The molecule has 0 fully saturated rings. The Morgan fingerprint density at radius 3 is 2.43 bits per heavy atom. The summed E-state index contributed by atoms with van der Waals surface area (Å²) in [5.41, 5.74) is -0.0141. The number of hydrogen-bond donors (Lipinski definition) is 1. The van der Waals surface area contributed by atoms with Crippen LogP contribution in [0.1, 0.15) is 0 Å². The van der Waals surface area contributed by atoms with Crippen LogP contribution in [0.15, 0.2) is 39.7 Å². The molecule has 2 aromatic carbocycles. The molecule has 9 heteroatoms. The second kappa shape index (κ2) is 6.08. The quantitative estimate of drug-likeness (QED) is 0.778. The average molecular weight is 417 g/mol. The Morgan fingerprint density at radius 1 is 1.14 bits per heavy atom. The monoisotopic (exact) mass is 415 g/mol. The van der Waals surface area contributed by atoms with Crippen molar-refractivity contribution in [1.82, 2.24) is 0 Å². The lowest BCUT2D eigenvalue weighted by molar-refractivity contribution is 0.548. The lowest BCUT2D eigenvalue weighted by atomic mass is 10.3. The Hall–Kier alpha value is -0.890. The van der Waals surface area contributed by atoms with E-state index >= 15 is 0 Å². The molecule has 0 spiro atoms. The molecule has 2 aromatic rings. The second-order valence-electron chi connectivity index (χ2n) is 3.91. The molecule has 2 rings (SSSR count). The molecule has 0 amide bonds. The zero-order valence-corrected chi connectivity index (χ0v) is 13.9. The maximum Gasteiger partial charge on any atom is 0.266 e. The highest BCUT2D eigenvalue weighted by atomic mass is 79.9. The van der Waals surface area contributed by atoms with Crippen molar-refractivity contribution in [3.63, 3.8) is 0 Å². The number of hydrogen-bond acceptors (Lipinski definition) is 2. The van der Waals surface area contributed by atoms with Crippen LogP contribution in [0.2, 0.25) is 10.0 Å². The van der Waals surface area contributed by atoms with E-state index in [4.69, 9.17) is 23.2 Å². The first-order valence-corrected chi connectivity index (χ1v) is 8.37. The molecular formula is C12H6BrCl2F2NO2S. The molecule has 0 radical (unpaired) electrons. The van der Waals surface area contributed by atoms with Gasteiger partial charge < -0.3 is 0 Å². The van der Waals surface area contributed by atoms with E-state index in [2.05, 4.69) is 20.7 Å². The highest BCUT2D eigenvalue weighted by Crippen LogP contribution is 2.33. The molecule has 21 heavy (non-hydrogen) atoms. The molecule has 1 N–H and O–H groups in total. The molecule has 0 bridgehead atoms. The standard InChI is InChI=1S/C12H6BrCl2F2NO2S/c13-7-4-6(16)5-9(17)12(7)21(19,20)18-10-3-1-2-8(14)11(10)15/h1-5,18H. The largest absolute Gasteiger partial charge is 0.278 e. The van der Waals surface area contributed by atoms with Gasteiger partial charge in [0.05, 0.1) is 15.7 Å². The molecule has 0 aliphatic heterocycles. The Kier molecular flexibility index (Phi) is 4.77. The van der Waals surface area contributed by atoms with Crippen molar-refractivity contribution in [2.75, 3.05) is 4.72 Å². The van der Waals surface area contributed by atoms with Crippen molar-refractivity contribution in [1.29, 1.82) is 0 Å². The summed E-state index contributed by atoms with van der Waals surface area (Å²) < 4.78 is 53.0. The van der Waals surface area contributed by atoms with E-state index in [0.717, 1.165) is 6.07 Å². The van der Waals surface area contributed by atoms with Crippen LogP contribution in [0.25, 0.3) is 0 Å². The second-order valence-corrected chi connectivity index (χ2v) is 7.16. The van der Waals surface area contributed by atoms with Crippen LogP contribution in [0.5, 0.6) is 0 Å². The van der Waals surface area contributed by atoms with Gasteiger partial charge in [0.2, 0.25) is 0 Å². The molecule has 0 atom stereocenters. The van der Waals surface area contributed by atoms with E-state index in [-0.39, 0.29) is 20.2 Å². The van der Waals surface area contributed by atoms with Crippen molar-refractivity contribution in [3.05, 3.63) is 56.5 Å². The summed E-state index contributed by atoms with van der Waals surface area (Å²) in [5, 5.41) is 0.108. The number of anilines is 1. The van der Waals surface area contributed by atoms with E-state index in [9.17, 15) is 17.2 Å². The number of sulfonamides is 1. The summed E-state index contributed by atoms with van der Waals surface area (Å²) in [6, 6.07) is 5.62. The third-order valence-electron chi connectivity index (χ3n) is 2.43. The lowest BCUT2D eigenvalue weighted by Crippen LogP contribution is -2.16. The van der Waals surface area contributed by atoms with Crippen LogP contribution in [-0.4, -0.2) is 8.42 Å². The Bertz CT molecular complexity index is 792. The fourth-order valence-corrected chi connectivity index (χ4v) is 4.21. The minimum Gasteiger partial charge on any atom is -0.278 e. The Morgan fingerprint density at radius 2 is 1.81 bits per heavy atom. The van der Waals surface area contributed by atoms with Gasteiger partial charge in [0, 0.05) is 10.5 Å². The van der Waals surface area contributed by atoms with Gasteiger partial charge in [-0.05, 0) is 34.1 Å². The topological polar surface area (TPSA) is 46.2 Å². The number of rotatable bonds is 3. The first kappa shape index (κ1) is 16.5. The minimum absolute atomic E-state index is 0.0141. The van der Waals surface area contributed by atoms with Gasteiger partial charge in [-0.25, -0.2) is 17.2 Å². The first-order chi connectivity index (χ1) is 9.72. The molecule has 0 aliphatic carbocycles. The molecule has 0 aromatic heterocycles. The predicted molar refractivity (Wildman–Crippen MR) is 81.3 cm³/mol. The minimum atomic E-state index is -4.31. The zero-order valence-electron chi connectivity index (χ0n) is 10.0. The van der Waals surface area contributed by atoms with Gasteiger partial charge in [-0.1, -0.05) is 29.3 Å². The Balaban J connectivity index is 2.51. The fraction of sp³-hybridized carbons (Fsp3) is 0. The summed E-state index contributed by atoms with van der Waals surface area (Å²) in [6.07, 6.45) is 0. The first-order valence-electron chi connectivity index (χ1n) is 5.34. The maximum atomic E-state index is 13.7. The number of benzene rings is 2. The van der Waals surface area contributed by atoms with Gasteiger partial charge in [0.1, 0.15) is 16.5 Å². The molecule has 112 valence electrons. The summed E-state index contributed by atoms with van der Waals surface area (Å²) >= 11 is 14.5. The van der Waals surface area contributed by atoms with Crippen LogP contribution in [0, 0.1) is 11.6 Å². The molecule has 0 heterocycles. The van der Waals surface area contributed by atoms with Gasteiger partial charge in [-0.2, -0.15) is 0 Å². The number of halogens is 5. The molecule has 0 unspecified atom stereocenters. The maximum absolute atomic E-state index is 13.7. The van der Waals surface area contributed by atoms with Gasteiger partial charge in [-0.3, -0.25) is 4.72 Å². The predicted octanol–water partition coefficient (Wildman–Crippen LogP) is 4.83. The molecule has 0 saturated carbocycles. The van der Waals surface area contributed by atoms with Crippen molar-refractivity contribution < 1.29 is 17.2 Å². The van der Waals surface area contributed by atoms with E-state index in [0.29, 0.717) is 6.07 Å². The third kappa shape index (κ3) is 3.48. The Labute approximate surface area is 138 Å². The molecule has 0 saturated heterocycles. The van der Waals surface area contributed by atoms with Gasteiger partial charge in [-0.15, -0.1) is 0 Å². The van der Waals surface area contributed by atoms with Crippen LogP contribution in [-0.2, 0) is 10.0 Å². The van der Waals surface area contributed by atoms with Crippen LogP contribution in [0.3, 0.4) is 0 Å². The van der Waals surface area contributed by atoms with Crippen LogP contribution >= 0.6 is 39.1 Å². The van der Waals surface area contributed by atoms with Crippen molar-refractivity contribution in [2.45, 2.75) is 4.90 Å². The summed E-state index contributed by atoms with van der Waals surface area (Å²) in [7, 11) is -4.31. The average Bonchev–Trinajstić information content (AvgIpc) is 2.33. The summed E-state index contributed by atoms with van der Waals surface area (Å²) in [5.74, 6) is -2.13. The van der Waals surface area contributed by atoms with E-state index in [1.165, 1.54) is 18.2 Å². The third-order valence-corrected chi connectivity index (χ3v) is 5.58. The SMILES string of the molecule is O=S(=O)(Nc1cccc(Cl)c1Cl)c1c(F)cc(F)cc1Br. The van der Waals surface area contributed by atoms with E-state index < -0.39 is 26.6 Å². The summed E-state index contributed by atoms with van der Waals surface area (Å²) in [6.45, 7) is 0. The lowest BCUT2D eigenvalue weighted by Gasteiger charge is -2.12. The highest BCUT2D eigenvalue weighted by molar-refractivity contribution is 9.10. The fourth-order valence-electron chi connectivity index (χ4n) is 1.56. The highest BCUT2D eigenvalue weighted by Gasteiger charge is 2.24. The summed E-state index contributed by atoms with van der Waals surface area (Å²) in [4.78, 5) is -0.722. The van der Waals surface area contributed by atoms with Crippen molar-refractivity contribution >= 4 is 54.8 Å². The number of nitrogens with one attached hydrogen (secondary N) is 1. The van der Waals surface area contributed by atoms with Crippen molar-refractivity contribution in [2.24, 2.45) is 0 Å². The van der Waals surface area contributed by atoms with E-state index in [1.54, 1.807) is 0 Å². The van der Waals surface area contributed by atoms with Crippen LogP contribution in [0.4, 0.5) is 14.5 Å². The van der Waals surface area contributed by atoms with Gasteiger partial charge in [0.15, 0.2) is 0 Å². The zero-order chi connectivity index (χ0) is 15.8. The van der Waals surface area contributed by atoms with Gasteiger partial charge in [0.25, 0.3) is 10.0 Å². The van der Waals surface area contributed by atoms with Gasteiger partial charge >= 0.3 is 0 Å².